The Hall–Kier alpha value is -2.60. The van der Waals surface area contributed by atoms with Crippen molar-refractivity contribution in [1.82, 2.24) is 4.90 Å². The highest BCUT2D eigenvalue weighted by molar-refractivity contribution is 6.61. The normalized spacial score (nSPS) is 26.3. The van der Waals surface area contributed by atoms with Crippen molar-refractivity contribution >= 4 is 12.6 Å². The number of nitrogens with zero attached hydrogens (tertiary/aromatic N) is 1. The number of ether oxygens (including phenoxy) is 1. The van der Waals surface area contributed by atoms with Crippen LogP contribution >= 0.6 is 0 Å². The van der Waals surface area contributed by atoms with Gasteiger partial charge < -0.3 is 18.9 Å². The summed E-state index contributed by atoms with van der Waals surface area (Å²) in [6, 6.07) is 29.3. The van der Waals surface area contributed by atoms with Crippen LogP contribution in [0.5, 0.6) is 5.75 Å². The van der Waals surface area contributed by atoms with Crippen LogP contribution in [0, 0.1) is 5.92 Å². The van der Waals surface area contributed by atoms with E-state index in [-0.39, 0.29) is 12.0 Å². The van der Waals surface area contributed by atoms with Crippen LogP contribution in [-0.4, -0.2) is 39.3 Å². The molecule has 0 aliphatic carbocycles. The molecule has 0 bridgehead atoms. The Bertz CT molecular complexity index is 998. The van der Waals surface area contributed by atoms with Crippen molar-refractivity contribution < 1.29 is 14.0 Å². The standard InChI is InChI=1S/C26H28BNO3/c1-28-18-17-26(21-11-7-4-8-12-21)24(19-28)25(20-9-5-3-6-10-20)30-27(31-26)22-13-15-23(29-2)16-14-22/h3-16,24-25H,17-19H2,1-2H3. The third-order valence-electron chi connectivity index (χ3n) is 6.70. The Morgan fingerprint density at radius 2 is 1.61 bits per heavy atom. The average molecular weight is 413 g/mol. The topological polar surface area (TPSA) is 30.9 Å². The molecule has 0 aromatic heterocycles. The highest BCUT2D eigenvalue weighted by Crippen LogP contribution is 2.51. The zero-order chi connectivity index (χ0) is 21.3. The lowest BCUT2D eigenvalue weighted by Gasteiger charge is -2.54. The first-order valence-corrected chi connectivity index (χ1v) is 11.0. The van der Waals surface area contributed by atoms with Crippen molar-refractivity contribution in [2.24, 2.45) is 5.92 Å². The summed E-state index contributed by atoms with van der Waals surface area (Å²) in [4.78, 5) is 2.39. The molecule has 3 aromatic rings. The summed E-state index contributed by atoms with van der Waals surface area (Å²) in [6.45, 7) is 1.91. The molecule has 158 valence electrons. The fraction of sp³-hybridized carbons (Fsp3) is 0.308. The molecule has 0 N–H and O–H groups in total. The first kappa shape index (κ1) is 20.3. The van der Waals surface area contributed by atoms with Crippen LogP contribution in [0.3, 0.4) is 0 Å². The number of piperidine rings is 1. The van der Waals surface area contributed by atoms with Gasteiger partial charge in [0.05, 0.1) is 18.8 Å². The maximum atomic E-state index is 6.93. The second-order valence-electron chi connectivity index (χ2n) is 8.56. The zero-order valence-electron chi connectivity index (χ0n) is 18.1. The van der Waals surface area contributed by atoms with Gasteiger partial charge in [-0.1, -0.05) is 72.8 Å². The summed E-state index contributed by atoms with van der Waals surface area (Å²) < 4.78 is 19.0. The molecule has 0 spiro atoms. The molecule has 5 rings (SSSR count). The van der Waals surface area contributed by atoms with Gasteiger partial charge in [-0.25, -0.2) is 0 Å². The minimum Gasteiger partial charge on any atom is -0.497 e. The molecule has 31 heavy (non-hydrogen) atoms. The number of hydrogen-bond acceptors (Lipinski definition) is 4. The number of likely N-dealkylation sites (tertiary alicyclic amines) is 1. The molecule has 2 aliphatic rings. The van der Waals surface area contributed by atoms with Crippen LogP contribution in [0.15, 0.2) is 84.9 Å². The first-order valence-electron chi connectivity index (χ1n) is 11.0. The molecule has 3 unspecified atom stereocenters. The van der Waals surface area contributed by atoms with Crippen LogP contribution in [-0.2, 0) is 14.9 Å². The van der Waals surface area contributed by atoms with Crippen LogP contribution in [0.4, 0.5) is 0 Å². The Morgan fingerprint density at radius 3 is 2.29 bits per heavy atom. The summed E-state index contributed by atoms with van der Waals surface area (Å²) in [5.74, 6) is 1.01. The second kappa shape index (κ2) is 8.50. The van der Waals surface area contributed by atoms with Gasteiger partial charge in [-0.15, -0.1) is 0 Å². The molecule has 2 saturated heterocycles. The van der Waals surface area contributed by atoms with Crippen molar-refractivity contribution in [3.63, 3.8) is 0 Å². The van der Waals surface area contributed by atoms with Gasteiger partial charge in [-0.2, -0.15) is 0 Å². The summed E-state index contributed by atoms with van der Waals surface area (Å²) in [5, 5.41) is 0. The van der Waals surface area contributed by atoms with Gasteiger partial charge in [0.1, 0.15) is 5.75 Å². The Morgan fingerprint density at radius 1 is 0.935 bits per heavy atom. The van der Waals surface area contributed by atoms with Gasteiger partial charge in [-0.3, -0.25) is 0 Å². The van der Waals surface area contributed by atoms with E-state index in [2.05, 4.69) is 72.6 Å². The van der Waals surface area contributed by atoms with Crippen molar-refractivity contribution in [3.8, 4) is 5.75 Å². The maximum absolute atomic E-state index is 6.93. The van der Waals surface area contributed by atoms with E-state index in [0.717, 1.165) is 30.7 Å². The number of rotatable bonds is 4. The molecule has 0 amide bonds. The molecule has 3 atom stereocenters. The summed E-state index contributed by atoms with van der Waals surface area (Å²) in [5.41, 5.74) is 3.03. The van der Waals surface area contributed by atoms with E-state index in [4.69, 9.17) is 14.0 Å². The van der Waals surface area contributed by atoms with Crippen LogP contribution in [0.2, 0.25) is 0 Å². The minimum atomic E-state index is -0.448. The second-order valence-corrected chi connectivity index (χ2v) is 8.56. The number of methoxy groups -OCH3 is 1. The van der Waals surface area contributed by atoms with E-state index in [0.29, 0.717) is 0 Å². The molecule has 2 fully saturated rings. The SMILES string of the molecule is COc1ccc(B2OC(c3ccccc3)C3CN(C)CCC3(c3ccccc3)O2)cc1. The average Bonchev–Trinajstić information content (AvgIpc) is 2.84. The van der Waals surface area contributed by atoms with E-state index < -0.39 is 12.7 Å². The number of hydrogen-bond donors (Lipinski definition) is 0. The summed E-state index contributed by atoms with van der Waals surface area (Å²) in [6.07, 6.45) is 0.863. The number of benzene rings is 3. The molecule has 2 aliphatic heterocycles. The third kappa shape index (κ3) is 3.78. The highest BCUT2D eigenvalue weighted by atomic mass is 16.6. The van der Waals surface area contributed by atoms with Gasteiger partial charge >= 0.3 is 7.12 Å². The van der Waals surface area contributed by atoms with E-state index in [1.807, 2.05) is 24.3 Å². The fourth-order valence-electron chi connectivity index (χ4n) is 5.06. The molecule has 0 saturated carbocycles. The lowest BCUT2D eigenvalue weighted by Crippen LogP contribution is -2.61. The van der Waals surface area contributed by atoms with Crippen molar-refractivity contribution in [1.29, 1.82) is 0 Å². The van der Waals surface area contributed by atoms with Crippen molar-refractivity contribution in [2.75, 3.05) is 27.2 Å². The molecule has 0 radical (unpaired) electrons. The zero-order valence-corrected chi connectivity index (χ0v) is 18.1. The predicted molar refractivity (Wildman–Crippen MR) is 123 cm³/mol. The van der Waals surface area contributed by atoms with Crippen LogP contribution in [0.1, 0.15) is 23.7 Å². The van der Waals surface area contributed by atoms with Crippen LogP contribution < -0.4 is 10.2 Å². The quantitative estimate of drug-likeness (QED) is 0.605. The smallest absolute Gasteiger partial charge is 0.495 e. The van der Waals surface area contributed by atoms with E-state index in [1.54, 1.807) is 7.11 Å². The van der Waals surface area contributed by atoms with Gasteiger partial charge in [0.15, 0.2) is 0 Å². The molecule has 4 nitrogen and oxygen atoms in total. The predicted octanol–water partition coefficient (Wildman–Crippen LogP) is 4.03. The Labute approximate surface area is 184 Å². The lowest BCUT2D eigenvalue weighted by molar-refractivity contribution is -0.147. The van der Waals surface area contributed by atoms with Gasteiger partial charge in [0.2, 0.25) is 0 Å². The van der Waals surface area contributed by atoms with Gasteiger partial charge in [-0.05, 0) is 42.2 Å². The molecule has 3 aromatic carbocycles. The third-order valence-corrected chi connectivity index (χ3v) is 6.70. The Balaban J connectivity index is 1.62. The molecule has 5 heteroatoms. The minimum absolute atomic E-state index is 0.0648. The number of fused-ring (bicyclic) bond motifs is 1. The highest BCUT2D eigenvalue weighted by Gasteiger charge is 2.55. The van der Waals surface area contributed by atoms with Crippen molar-refractivity contribution in [2.45, 2.75) is 18.1 Å². The maximum Gasteiger partial charge on any atom is 0.495 e. The monoisotopic (exact) mass is 413 g/mol. The summed E-state index contributed by atoms with van der Waals surface area (Å²) in [7, 11) is 3.42. The van der Waals surface area contributed by atoms with E-state index in [9.17, 15) is 0 Å². The van der Waals surface area contributed by atoms with Gasteiger partial charge in [0.25, 0.3) is 0 Å². The Kier molecular flexibility index (Phi) is 5.57. The van der Waals surface area contributed by atoms with Crippen LogP contribution in [0.25, 0.3) is 0 Å². The molecular weight excluding hydrogens is 385 g/mol. The molecular formula is C26H28BNO3. The van der Waals surface area contributed by atoms with Crippen molar-refractivity contribution in [3.05, 3.63) is 96.1 Å². The van der Waals surface area contributed by atoms with Gasteiger partial charge in [0, 0.05) is 19.0 Å². The summed E-state index contributed by atoms with van der Waals surface area (Å²) >= 11 is 0. The van der Waals surface area contributed by atoms with E-state index in [1.165, 1.54) is 11.1 Å². The fourth-order valence-corrected chi connectivity index (χ4v) is 5.06. The lowest BCUT2D eigenvalue weighted by atomic mass is 9.65. The molecule has 2 heterocycles. The largest absolute Gasteiger partial charge is 0.497 e. The first-order chi connectivity index (χ1) is 15.2. The van der Waals surface area contributed by atoms with E-state index >= 15 is 0 Å².